The summed E-state index contributed by atoms with van der Waals surface area (Å²) < 4.78 is 9.81. The summed E-state index contributed by atoms with van der Waals surface area (Å²) in [5.74, 6) is 0. The summed E-state index contributed by atoms with van der Waals surface area (Å²) in [7, 11) is 3.21. The van der Waals surface area contributed by atoms with Gasteiger partial charge in [0, 0.05) is 26.0 Å². The smallest absolute Gasteiger partial charge is 0.158 e. The van der Waals surface area contributed by atoms with Gasteiger partial charge < -0.3 is 9.47 Å². The van der Waals surface area contributed by atoms with Gasteiger partial charge in [-0.25, -0.2) is 0 Å². The monoisotopic (exact) mass is 152 g/mol. The van der Waals surface area contributed by atoms with Crippen LogP contribution in [0.3, 0.4) is 0 Å². The second kappa shape index (κ2) is 5.03. The summed E-state index contributed by atoms with van der Waals surface area (Å²) >= 11 is 5.67. The lowest BCUT2D eigenvalue weighted by Gasteiger charge is -2.13. The minimum absolute atomic E-state index is 0.106. The molecule has 0 bridgehead atoms. The fourth-order valence-corrected chi connectivity index (χ4v) is 0.699. The van der Waals surface area contributed by atoms with Crippen LogP contribution in [0.25, 0.3) is 0 Å². The zero-order chi connectivity index (χ0) is 7.28. The molecule has 2 nitrogen and oxygen atoms in total. The van der Waals surface area contributed by atoms with Crippen LogP contribution in [0.15, 0.2) is 0 Å². The SMILES string of the molecule is COC(CC(C)Cl)OC. The van der Waals surface area contributed by atoms with Gasteiger partial charge >= 0.3 is 0 Å². The highest BCUT2D eigenvalue weighted by Crippen LogP contribution is 2.06. The molecule has 0 fully saturated rings. The Kier molecular flexibility index (Phi) is 5.15. The number of ether oxygens (including phenoxy) is 2. The Morgan fingerprint density at radius 1 is 1.33 bits per heavy atom. The quantitative estimate of drug-likeness (QED) is 0.450. The average molecular weight is 153 g/mol. The Morgan fingerprint density at radius 3 is 1.89 bits per heavy atom. The van der Waals surface area contributed by atoms with Gasteiger partial charge in [0.25, 0.3) is 0 Å². The lowest BCUT2D eigenvalue weighted by atomic mass is 10.3. The molecule has 0 aliphatic rings. The normalized spacial score (nSPS) is 14.3. The van der Waals surface area contributed by atoms with E-state index in [0.717, 1.165) is 6.42 Å². The zero-order valence-corrected chi connectivity index (χ0v) is 6.81. The average Bonchev–Trinajstić information content (AvgIpc) is 1.82. The topological polar surface area (TPSA) is 18.5 Å². The Hall–Kier alpha value is 0.210. The lowest BCUT2D eigenvalue weighted by molar-refractivity contribution is -0.105. The van der Waals surface area contributed by atoms with E-state index in [1.165, 1.54) is 0 Å². The molecule has 9 heavy (non-hydrogen) atoms. The molecule has 0 saturated carbocycles. The Morgan fingerprint density at radius 2 is 1.78 bits per heavy atom. The molecule has 0 aliphatic carbocycles. The van der Waals surface area contributed by atoms with Crippen LogP contribution in [0.2, 0.25) is 0 Å². The number of methoxy groups -OCH3 is 2. The summed E-state index contributed by atoms with van der Waals surface area (Å²) in [5.41, 5.74) is 0. The van der Waals surface area contributed by atoms with Gasteiger partial charge in [0.05, 0.1) is 0 Å². The molecule has 1 unspecified atom stereocenters. The minimum atomic E-state index is -0.155. The van der Waals surface area contributed by atoms with E-state index in [4.69, 9.17) is 21.1 Å². The molecule has 0 saturated heterocycles. The van der Waals surface area contributed by atoms with Crippen LogP contribution in [0.4, 0.5) is 0 Å². The molecule has 0 N–H and O–H groups in total. The molecule has 0 aromatic rings. The van der Waals surface area contributed by atoms with Gasteiger partial charge in [-0.05, 0) is 6.92 Å². The largest absolute Gasteiger partial charge is 0.356 e. The third-order valence-electron chi connectivity index (χ3n) is 1.04. The zero-order valence-electron chi connectivity index (χ0n) is 6.06. The standard InChI is InChI=1S/C6H13ClO2/c1-5(7)4-6(8-2)9-3/h5-6H,4H2,1-3H3. The van der Waals surface area contributed by atoms with Gasteiger partial charge in [-0.2, -0.15) is 0 Å². The summed E-state index contributed by atoms with van der Waals surface area (Å²) in [5, 5.41) is 0.106. The number of hydrogen-bond acceptors (Lipinski definition) is 2. The van der Waals surface area contributed by atoms with Gasteiger partial charge in [0.2, 0.25) is 0 Å². The highest BCUT2D eigenvalue weighted by atomic mass is 35.5. The van der Waals surface area contributed by atoms with Crippen LogP contribution in [-0.4, -0.2) is 25.9 Å². The van der Waals surface area contributed by atoms with Gasteiger partial charge in [-0.15, -0.1) is 11.6 Å². The summed E-state index contributed by atoms with van der Waals surface area (Å²) in [6.45, 7) is 1.91. The van der Waals surface area contributed by atoms with E-state index in [1.807, 2.05) is 6.92 Å². The van der Waals surface area contributed by atoms with E-state index in [2.05, 4.69) is 0 Å². The molecule has 0 aliphatic heterocycles. The lowest BCUT2D eigenvalue weighted by Crippen LogP contribution is -2.16. The second-order valence-corrected chi connectivity index (χ2v) is 2.66. The molecule has 0 aromatic heterocycles. The van der Waals surface area contributed by atoms with Crippen LogP contribution in [0, 0.1) is 0 Å². The van der Waals surface area contributed by atoms with Crippen molar-refractivity contribution in [3.63, 3.8) is 0 Å². The van der Waals surface area contributed by atoms with E-state index in [0.29, 0.717) is 0 Å². The molecule has 1 atom stereocenters. The third-order valence-corrected chi connectivity index (χ3v) is 1.22. The fourth-order valence-electron chi connectivity index (χ4n) is 0.554. The van der Waals surface area contributed by atoms with Crippen molar-refractivity contribution in [2.45, 2.75) is 25.0 Å². The van der Waals surface area contributed by atoms with Crippen molar-refractivity contribution in [2.24, 2.45) is 0 Å². The summed E-state index contributed by atoms with van der Waals surface area (Å²) in [6, 6.07) is 0. The van der Waals surface area contributed by atoms with Crippen molar-refractivity contribution < 1.29 is 9.47 Å². The van der Waals surface area contributed by atoms with Crippen molar-refractivity contribution in [3.8, 4) is 0 Å². The van der Waals surface area contributed by atoms with E-state index in [-0.39, 0.29) is 11.7 Å². The molecule has 0 amide bonds. The first-order valence-electron chi connectivity index (χ1n) is 2.90. The molecule has 3 heteroatoms. The second-order valence-electron chi connectivity index (χ2n) is 1.92. The number of hydrogen-bond donors (Lipinski definition) is 0. The van der Waals surface area contributed by atoms with E-state index >= 15 is 0 Å². The minimum Gasteiger partial charge on any atom is -0.356 e. The van der Waals surface area contributed by atoms with Crippen LogP contribution < -0.4 is 0 Å². The molecule has 0 aromatic carbocycles. The maximum Gasteiger partial charge on any atom is 0.158 e. The fraction of sp³-hybridized carbons (Fsp3) is 1.00. The van der Waals surface area contributed by atoms with Crippen LogP contribution in [0.1, 0.15) is 13.3 Å². The molecular formula is C6H13ClO2. The Balaban J connectivity index is 3.31. The van der Waals surface area contributed by atoms with Crippen molar-refractivity contribution in [3.05, 3.63) is 0 Å². The third kappa shape index (κ3) is 4.70. The summed E-state index contributed by atoms with van der Waals surface area (Å²) in [4.78, 5) is 0. The van der Waals surface area contributed by atoms with E-state index < -0.39 is 0 Å². The first-order chi connectivity index (χ1) is 4.20. The van der Waals surface area contributed by atoms with Crippen molar-refractivity contribution in [1.82, 2.24) is 0 Å². The van der Waals surface area contributed by atoms with Gasteiger partial charge in [-0.1, -0.05) is 0 Å². The van der Waals surface area contributed by atoms with Gasteiger partial charge in [0.1, 0.15) is 0 Å². The van der Waals surface area contributed by atoms with Crippen molar-refractivity contribution >= 4 is 11.6 Å². The molecule has 0 spiro atoms. The van der Waals surface area contributed by atoms with E-state index in [1.54, 1.807) is 14.2 Å². The molecule has 0 rings (SSSR count). The number of halogens is 1. The predicted octanol–water partition coefficient (Wildman–Crippen LogP) is 1.62. The van der Waals surface area contributed by atoms with Crippen LogP contribution in [-0.2, 0) is 9.47 Å². The van der Waals surface area contributed by atoms with Crippen molar-refractivity contribution in [1.29, 1.82) is 0 Å². The highest BCUT2D eigenvalue weighted by Gasteiger charge is 2.07. The van der Waals surface area contributed by atoms with Gasteiger partial charge in [0.15, 0.2) is 6.29 Å². The number of rotatable bonds is 4. The highest BCUT2D eigenvalue weighted by molar-refractivity contribution is 6.20. The molecular weight excluding hydrogens is 140 g/mol. The maximum atomic E-state index is 5.67. The van der Waals surface area contributed by atoms with Gasteiger partial charge in [-0.3, -0.25) is 0 Å². The first-order valence-corrected chi connectivity index (χ1v) is 3.34. The van der Waals surface area contributed by atoms with E-state index in [9.17, 15) is 0 Å². The van der Waals surface area contributed by atoms with Crippen LogP contribution >= 0.6 is 11.6 Å². The maximum absolute atomic E-state index is 5.67. The van der Waals surface area contributed by atoms with Crippen LogP contribution in [0.5, 0.6) is 0 Å². The Bertz CT molecular complexity index is 62.1. The Labute approximate surface area is 61.1 Å². The number of alkyl halides is 1. The van der Waals surface area contributed by atoms with Crippen molar-refractivity contribution in [2.75, 3.05) is 14.2 Å². The predicted molar refractivity (Wildman–Crippen MR) is 37.7 cm³/mol. The summed E-state index contributed by atoms with van der Waals surface area (Å²) in [6.07, 6.45) is 0.576. The molecule has 0 radical (unpaired) electrons. The first kappa shape index (κ1) is 9.21. The molecule has 56 valence electrons. The molecule has 0 heterocycles.